The first-order valence-electron chi connectivity index (χ1n) is 10.7. The van der Waals surface area contributed by atoms with Gasteiger partial charge in [0, 0.05) is 18.2 Å². The Morgan fingerprint density at radius 2 is 1.90 bits per heavy atom. The molecule has 0 fully saturated rings. The van der Waals surface area contributed by atoms with Crippen LogP contribution < -0.4 is 15.4 Å². The number of rotatable bonds is 8. The number of allylic oxidation sites excluding steroid dienone is 2. The van der Waals surface area contributed by atoms with Gasteiger partial charge in [-0.1, -0.05) is 31.9 Å². The first kappa shape index (κ1) is 21.4. The number of hydrogen-bond donors (Lipinski definition) is 2. The average Bonchev–Trinajstić information content (AvgIpc) is 3.06. The van der Waals surface area contributed by atoms with Gasteiger partial charge in [-0.15, -0.1) is 0 Å². The monoisotopic (exact) mass is 403 g/mol. The average molecular weight is 404 g/mol. The van der Waals surface area contributed by atoms with Crippen molar-refractivity contribution in [1.29, 1.82) is 5.26 Å². The molecule has 5 heteroatoms. The van der Waals surface area contributed by atoms with Crippen LogP contribution in [-0.2, 0) is 0 Å². The molecule has 2 aromatic carbocycles. The van der Waals surface area contributed by atoms with Gasteiger partial charge in [-0.05, 0) is 72.9 Å². The van der Waals surface area contributed by atoms with Crippen LogP contribution >= 0.6 is 0 Å². The van der Waals surface area contributed by atoms with E-state index in [1.165, 1.54) is 5.56 Å². The maximum Gasteiger partial charge on any atom is 0.319 e. The lowest BCUT2D eigenvalue weighted by atomic mass is 9.86. The van der Waals surface area contributed by atoms with Gasteiger partial charge in [-0.3, -0.25) is 0 Å². The fourth-order valence-electron chi connectivity index (χ4n) is 4.03. The summed E-state index contributed by atoms with van der Waals surface area (Å²) in [5.74, 6) is 1.01. The van der Waals surface area contributed by atoms with Crippen molar-refractivity contribution in [2.75, 3.05) is 18.5 Å². The van der Waals surface area contributed by atoms with Gasteiger partial charge in [0.05, 0.1) is 12.2 Å². The second-order valence-corrected chi connectivity index (χ2v) is 7.34. The molecular weight excluding hydrogens is 374 g/mol. The Bertz CT molecular complexity index is 971. The predicted octanol–water partition coefficient (Wildman–Crippen LogP) is 5.95. The highest BCUT2D eigenvalue weighted by Crippen LogP contribution is 2.50. The van der Waals surface area contributed by atoms with Crippen molar-refractivity contribution in [3.8, 4) is 11.8 Å². The van der Waals surface area contributed by atoms with Crippen molar-refractivity contribution < 1.29 is 9.53 Å². The van der Waals surface area contributed by atoms with Crippen LogP contribution in [0, 0.1) is 11.3 Å². The van der Waals surface area contributed by atoms with Gasteiger partial charge in [-0.2, -0.15) is 5.26 Å². The molecule has 2 N–H and O–H groups in total. The maximum atomic E-state index is 11.8. The minimum Gasteiger partial charge on any atom is -0.494 e. The van der Waals surface area contributed by atoms with E-state index in [1.807, 2.05) is 50.2 Å². The second kappa shape index (κ2) is 9.98. The summed E-state index contributed by atoms with van der Waals surface area (Å²) < 4.78 is 5.72. The highest BCUT2D eigenvalue weighted by molar-refractivity contribution is 6.05. The lowest BCUT2D eigenvalue weighted by Gasteiger charge is -2.18. The molecule has 0 radical (unpaired) electrons. The normalized spacial score (nSPS) is 14.8. The topological polar surface area (TPSA) is 74.2 Å². The summed E-state index contributed by atoms with van der Waals surface area (Å²) in [6.07, 6.45) is 3.17. The largest absolute Gasteiger partial charge is 0.494 e. The van der Waals surface area contributed by atoms with Crippen LogP contribution in [0.4, 0.5) is 10.5 Å². The van der Waals surface area contributed by atoms with Crippen LogP contribution in [0.3, 0.4) is 0 Å². The number of nitriles is 1. The van der Waals surface area contributed by atoms with E-state index < -0.39 is 0 Å². The number of anilines is 1. The number of carbonyl (C=O) groups excluding carboxylic acids is 1. The van der Waals surface area contributed by atoms with E-state index in [-0.39, 0.29) is 11.9 Å². The fourth-order valence-corrected chi connectivity index (χ4v) is 4.03. The summed E-state index contributed by atoms with van der Waals surface area (Å²) in [4.78, 5) is 11.8. The Balaban J connectivity index is 1.98. The molecule has 0 aromatic heterocycles. The van der Waals surface area contributed by atoms with Crippen molar-refractivity contribution >= 4 is 22.9 Å². The van der Waals surface area contributed by atoms with Gasteiger partial charge in [0.1, 0.15) is 11.8 Å². The highest BCUT2D eigenvalue weighted by Gasteiger charge is 2.32. The van der Waals surface area contributed by atoms with Crippen LogP contribution in [0.5, 0.6) is 5.75 Å². The number of fused-ring (bicyclic) bond motifs is 1. The minimum absolute atomic E-state index is 0.164. The number of benzene rings is 2. The summed E-state index contributed by atoms with van der Waals surface area (Å²) in [5, 5.41) is 15.5. The zero-order valence-corrected chi connectivity index (χ0v) is 17.9. The minimum atomic E-state index is -0.222. The van der Waals surface area contributed by atoms with Crippen LogP contribution in [0.1, 0.15) is 62.6 Å². The molecule has 0 aliphatic heterocycles. The number of ether oxygens (including phenoxy) is 1. The maximum absolute atomic E-state index is 11.8. The third kappa shape index (κ3) is 4.49. The van der Waals surface area contributed by atoms with Gasteiger partial charge < -0.3 is 15.4 Å². The molecule has 5 nitrogen and oxygen atoms in total. The molecule has 1 aliphatic rings. The molecule has 156 valence electrons. The molecule has 2 aromatic rings. The molecule has 30 heavy (non-hydrogen) atoms. The number of nitrogens with zero attached hydrogens (tertiary/aromatic N) is 1. The molecule has 1 aliphatic carbocycles. The third-order valence-electron chi connectivity index (χ3n) is 5.35. The van der Waals surface area contributed by atoms with Gasteiger partial charge in [0.15, 0.2) is 0 Å². The summed E-state index contributed by atoms with van der Waals surface area (Å²) in [7, 11) is 0. The first-order valence-corrected chi connectivity index (χ1v) is 10.7. The Kier molecular flexibility index (Phi) is 7.13. The highest BCUT2D eigenvalue weighted by atomic mass is 16.5. The van der Waals surface area contributed by atoms with Crippen LogP contribution in [0.15, 0.2) is 42.5 Å². The number of carbonyl (C=O) groups is 1. The van der Waals surface area contributed by atoms with Gasteiger partial charge in [0.2, 0.25) is 0 Å². The summed E-state index contributed by atoms with van der Waals surface area (Å²) in [6.45, 7) is 7.22. The third-order valence-corrected chi connectivity index (χ3v) is 5.35. The van der Waals surface area contributed by atoms with Crippen LogP contribution in [0.2, 0.25) is 0 Å². The SMILES string of the molecule is CCCCC1C(c2ccc(NC(=O)NCC)cc2)=C(C#N)c2ccc(OCC)cc21. The number of hydrogen-bond acceptors (Lipinski definition) is 3. The van der Waals surface area contributed by atoms with Gasteiger partial charge in [0.25, 0.3) is 0 Å². The molecule has 0 heterocycles. The number of unbranched alkanes of at least 4 members (excludes halogenated alkanes) is 1. The summed E-state index contributed by atoms with van der Waals surface area (Å²) in [6, 6.07) is 16.0. The summed E-state index contributed by atoms with van der Waals surface area (Å²) >= 11 is 0. The smallest absolute Gasteiger partial charge is 0.319 e. The molecule has 2 amide bonds. The number of urea groups is 1. The van der Waals surface area contributed by atoms with Crippen LogP contribution in [0.25, 0.3) is 11.1 Å². The van der Waals surface area contributed by atoms with Crippen molar-refractivity contribution in [3.05, 3.63) is 59.2 Å². The van der Waals surface area contributed by atoms with E-state index in [0.717, 1.165) is 53.0 Å². The quantitative estimate of drug-likeness (QED) is 0.572. The second-order valence-electron chi connectivity index (χ2n) is 7.34. The lowest BCUT2D eigenvalue weighted by Crippen LogP contribution is -2.28. The zero-order chi connectivity index (χ0) is 21.5. The van der Waals surface area contributed by atoms with E-state index in [2.05, 4.69) is 29.7 Å². The van der Waals surface area contributed by atoms with Crippen molar-refractivity contribution in [2.45, 2.75) is 46.0 Å². The van der Waals surface area contributed by atoms with E-state index in [0.29, 0.717) is 13.2 Å². The van der Waals surface area contributed by atoms with Gasteiger partial charge >= 0.3 is 6.03 Å². The van der Waals surface area contributed by atoms with Crippen molar-refractivity contribution in [1.82, 2.24) is 5.32 Å². The van der Waals surface area contributed by atoms with E-state index >= 15 is 0 Å². The molecular formula is C25H29N3O2. The molecule has 0 bridgehead atoms. The molecule has 0 saturated heterocycles. The lowest BCUT2D eigenvalue weighted by molar-refractivity contribution is 0.252. The molecule has 1 atom stereocenters. The number of nitrogens with one attached hydrogen (secondary N) is 2. The molecule has 1 unspecified atom stereocenters. The molecule has 3 rings (SSSR count). The Labute approximate surface area is 178 Å². The number of amides is 2. The Morgan fingerprint density at radius 3 is 2.53 bits per heavy atom. The Morgan fingerprint density at radius 1 is 1.13 bits per heavy atom. The summed E-state index contributed by atoms with van der Waals surface area (Å²) in [5.41, 5.74) is 5.72. The Hall–Kier alpha value is -3.26. The zero-order valence-electron chi connectivity index (χ0n) is 17.9. The standard InChI is InChI=1S/C25H29N3O2/c1-4-7-8-21-22-15-19(30-6-3)13-14-20(22)23(16-26)24(21)17-9-11-18(12-10-17)28-25(29)27-5-2/h9-15,21H,4-8H2,1-3H3,(H2,27,28,29). The van der Waals surface area contributed by atoms with E-state index in [4.69, 9.17) is 4.74 Å². The van der Waals surface area contributed by atoms with Crippen molar-refractivity contribution in [2.24, 2.45) is 0 Å². The molecule has 0 saturated carbocycles. The molecule has 0 spiro atoms. The van der Waals surface area contributed by atoms with E-state index in [1.54, 1.807) is 0 Å². The van der Waals surface area contributed by atoms with E-state index in [9.17, 15) is 10.1 Å². The predicted molar refractivity (Wildman–Crippen MR) is 121 cm³/mol. The fraction of sp³-hybridized carbons (Fsp3) is 0.360. The van der Waals surface area contributed by atoms with Crippen molar-refractivity contribution in [3.63, 3.8) is 0 Å². The van der Waals surface area contributed by atoms with Crippen LogP contribution in [-0.4, -0.2) is 19.2 Å². The van der Waals surface area contributed by atoms with Gasteiger partial charge in [-0.25, -0.2) is 4.79 Å². The first-order chi connectivity index (χ1) is 14.6.